The molecule has 0 aromatic heterocycles. The number of hydrogen-bond donors (Lipinski definition) is 1. The summed E-state index contributed by atoms with van der Waals surface area (Å²) in [6, 6.07) is 16.4. The van der Waals surface area contributed by atoms with Crippen LogP contribution in [0.4, 0.5) is 0 Å². The van der Waals surface area contributed by atoms with E-state index in [1.807, 2.05) is 37.3 Å². The molecular weight excluding hydrogens is 344 g/mol. The van der Waals surface area contributed by atoms with Crippen molar-refractivity contribution in [2.75, 3.05) is 19.7 Å². The molecule has 2 rings (SSSR count). The van der Waals surface area contributed by atoms with Gasteiger partial charge in [-0.15, -0.1) is 4.91 Å². The van der Waals surface area contributed by atoms with E-state index in [2.05, 4.69) is 5.29 Å². The van der Waals surface area contributed by atoms with E-state index in [1.54, 1.807) is 30.3 Å². The first-order valence-corrected chi connectivity index (χ1v) is 8.89. The van der Waals surface area contributed by atoms with Gasteiger partial charge in [0, 0.05) is 6.54 Å². The summed E-state index contributed by atoms with van der Waals surface area (Å²) in [4.78, 5) is 23.2. The zero-order valence-electron chi connectivity index (χ0n) is 15.3. The standard InChI is InChI=1S/C21H24N2O4/c1-2-14-23(22-26)15-18(24)16-27-21-11-7-6-10-19(21)20(25)13-12-17-8-4-3-5-9-17/h3-13,18,24H,2,14-16H2,1H3/b13-12+. The van der Waals surface area contributed by atoms with Gasteiger partial charge in [0.1, 0.15) is 18.5 Å². The second-order valence-corrected chi connectivity index (χ2v) is 6.06. The highest BCUT2D eigenvalue weighted by Gasteiger charge is 2.14. The van der Waals surface area contributed by atoms with Gasteiger partial charge in [0.25, 0.3) is 0 Å². The molecule has 6 nitrogen and oxygen atoms in total. The minimum atomic E-state index is -0.891. The van der Waals surface area contributed by atoms with Crippen molar-refractivity contribution in [2.45, 2.75) is 19.4 Å². The van der Waals surface area contributed by atoms with Crippen molar-refractivity contribution in [1.29, 1.82) is 0 Å². The van der Waals surface area contributed by atoms with E-state index in [9.17, 15) is 14.8 Å². The molecule has 2 aromatic rings. The molecule has 0 saturated carbocycles. The van der Waals surface area contributed by atoms with Gasteiger partial charge in [-0.1, -0.05) is 55.5 Å². The van der Waals surface area contributed by atoms with Crippen molar-refractivity contribution in [2.24, 2.45) is 5.29 Å². The van der Waals surface area contributed by atoms with Crippen LogP contribution in [-0.2, 0) is 0 Å². The molecule has 0 amide bonds. The fraction of sp³-hybridized carbons (Fsp3) is 0.286. The van der Waals surface area contributed by atoms with E-state index in [0.717, 1.165) is 12.0 Å². The number of nitroso groups, excluding NO2 is 1. The number of rotatable bonds is 11. The molecule has 0 bridgehead atoms. The van der Waals surface area contributed by atoms with Crippen LogP contribution in [-0.4, -0.2) is 41.7 Å². The number of aliphatic hydroxyl groups is 1. The molecule has 0 radical (unpaired) electrons. The van der Waals surface area contributed by atoms with Crippen molar-refractivity contribution in [3.63, 3.8) is 0 Å². The van der Waals surface area contributed by atoms with E-state index >= 15 is 0 Å². The molecule has 1 unspecified atom stereocenters. The number of carbonyl (C=O) groups excluding carboxylic acids is 1. The maximum absolute atomic E-state index is 12.5. The minimum Gasteiger partial charge on any atom is -0.490 e. The molecule has 0 saturated heterocycles. The lowest BCUT2D eigenvalue weighted by molar-refractivity contribution is 0.0679. The summed E-state index contributed by atoms with van der Waals surface area (Å²) in [7, 11) is 0. The average Bonchev–Trinajstić information content (AvgIpc) is 2.71. The maximum atomic E-state index is 12.5. The van der Waals surface area contributed by atoms with Gasteiger partial charge in [0.15, 0.2) is 5.78 Å². The first kappa shape index (κ1) is 20.3. The van der Waals surface area contributed by atoms with E-state index < -0.39 is 6.10 Å². The molecule has 27 heavy (non-hydrogen) atoms. The highest BCUT2D eigenvalue weighted by molar-refractivity contribution is 6.08. The normalized spacial score (nSPS) is 11.9. The van der Waals surface area contributed by atoms with Crippen LogP contribution in [0.5, 0.6) is 5.75 Å². The monoisotopic (exact) mass is 368 g/mol. The van der Waals surface area contributed by atoms with E-state index in [0.29, 0.717) is 17.9 Å². The number of aliphatic hydroxyl groups excluding tert-OH is 1. The number of ether oxygens (including phenoxy) is 1. The number of para-hydroxylation sites is 1. The zero-order chi connectivity index (χ0) is 19.5. The summed E-state index contributed by atoms with van der Waals surface area (Å²) in [6.45, 7) is 2.44. The van der Waals surface area contributed by atoms with E-state index in [4.69, 9.17) is 4.74 Å². The van der Waals surface area contributed by atoms with Crippen molar-refractivity contribution in [3.8, 4) is 5.75 Å². The summed E-state index contributed by atoms with van der Waals surface area (Å²) in [5.74, 6) is 0.200. The quantitative estimate of drug-likeness (QED) is 0.283. The molecule has 2 aromatic carbocycles. The molecule has 142 valence electrons. The van der Waals surface area contributed by atoms with E-state index in [-0.39, 0.29) is 18.9 Å². The van der Waals surface area contributed by atoms with Crippen molar-refractivity contribution >= 4 is 11.9 Å². The van der Waals surface area contributed by atoms with Crippen LogP contribution >= 0.6 is 0 Å². The molecular formula is C21H24N2O4. The second-order valence-electron chi connectivity index (χ2n) is 6.06. The average molecular weight is 368 g/mol. The Bertz CT molecular complexity index is 762. The van der Waals surface area contributed by atoms with Gasteiger partial charge in [-0.25, -0.2) is 0 Å². The van der Waals surface area contributed by atoms with Crippen LogP contribution in [0.2, 0.25) is 0 Å². The predicted octanol–water partition coefficient (Wildman–Crippen LogP) is 3.72. The molecule has 1 atom stereocenters. The van der Waals surface area contributed by atoms with Crippen LogP contribution in [0.15, 0.2) is 66.0 Å². The Hall–Kier alpha value is -2.99. The molecule has 6 heteroatoms. The van der Waals surface area contributed by atoms with Crippen LogP contribution in [0.1, 0.15) is 29.3 Å². The Morgan fingerprint density at radius 3 is 2.59 bits per heavy atom. The first-order valence-electron chi connectivity index (χ1n) is 8.89. The number of carbonyl (C=O) groups is 1. The fourth-order valence-electron chi connectivity index (χ4n) is 2.53. The lowest BCUT2D eigenvalue weighted by atomic mass is 10.1. The van der Waals surface area contributed by atoms with Gasteiger partial charge in [0.05, 0.1) is 17.4 Å². The van der Waals surface area contributed by atoms with Gasteiger partial charge >= 0.3 is 0 Å². The highest BCUT2D eigenvalue weighted by Crippen LogP contribution is 2.20. The fourth-order valence-corrected chi connectivity index (χ4v) is 2.53. The number of nitrogens with zero attached hydrogens (tertiary/aromatic N) is 2. The lowest BCUT2D eigenvalue weighted by Crippen LogP contribution is -2.32. The number of allylic oxidation sites excluding steroid dienone is 1. The second kappa shape index (κ2) is 10.9. The molecule has 0 spiro atoms. The van der Waals surface area contributed by atoms with Gasteiger partial charge in [-0.2, -0.15) is 0 Å². The number of ketones is 1. The third-order valence-electron chi connectivity index (χ3n) is 3.83. The van der Waals surface area contributed by atoms with Crippen LogP contribution < -0.4 is 4.74 Å². The topological polar surface area (TPSA) is 79.2 Å². The van der Waals surface area contributed by atoms with Gasteiger partial charge in [0.2, 0.25) is 0 Å². The van der Waals surface area contributed by atoms with Gasteiger partial charge < -0.3 is 9.84 Å². The Morgan fingerprint density at radius 1 is 1.19 bits per heavy atom. The van der Waals surface area contributed by atoms with Crippen LogP contribution in [0.3, 0.4) is 0 Å². The third kappa shape index (κ3) is 6.67. The largest absolute Gasteiger partial charge is 0.490 e. The van der Waals surface area contributed by atoms with Gasteiger partial charge in [-0.05, 0) is 30.2 Å². The molecule has 0 aliphatic heterocycles. The Labute approximate surface area is 159 Å². The zero-order valence-corrected chi connectivity index (χ0v) is 15.3. The van der Waals surface area contributed by atoms with Crippen molar-refractivity contribution in [1.82, 2.24) is 5.01 Å². The van der Waals surface area contributed by atoms with Crippen LogP contribution in [0.25, 0.3) is 6.08 Å². The molecule has 0 heterocycles. The summed E-state index contributed by atoms with van der Waals surface area (Å²) >= 11 is 0. The molecule has 0 aliphatic rings. The highest BCUT2D eigenvalue weighted by atomic mass is 16.5. The van der Waals surface area contributed by atoms with Crippen molar-refractivity contribution in [3.05, 3.63) is 76.7 Å². The smallest absolute Gasteiger partial charge is 0.189 e. The molecule has 0 aliphatic carbocycles. The SMILES string of the molecule is CCCN(CC(O)COc1ccccc1C(=O)/C=C/c1ccccc1)N=O. The first-order chi connectivity index (χ1) is 13.1. The maximum Gasteiger partial charge on any atom is 0.189 e. The number of benzene rings is 2. The van der Waals surface area contributed by atoms with E-state index in [1.165, 1.54) is 11.1 Å². The van der Waals surface area contributed by atoms with Crippen LogP contribution in [0, 0.1) is 4.91 Å². The third-order valence-corrected chi connectivity index (χ3v) is 3.83. The summed E-state index contributed by atoms with van der Waals surface area (Å²) < 4.78 is 5.62. The Kier molecular flexibility index (Phi) is 8.19. The predicted molar refractivity (Wildman–Crippen MR) is 105 cm³/mol. The summed E-state index contributed by atoms with van der Waals surface area (Å²) in [5, 5.41) is 14.2. The molecule has 1 N–H and O–H groups in total. The summed E-state index contributed by atoms with van der Waals surface area (Å²) in [6.07, 6.45) is 3.10. The van der Waals surface area contributed by atoms with Crippen molar-refractivity contribution < 1.29 is 14.6 Å². The Balaban J connectivity index is 1.99. The van der Waals surface area contributed by atoms with Gasteiger partial charge in [-0.3, -0.25) is 9.80 Å². The summed E-state index contributed by atoms with van der Waals surface area (Å²) in [5.41, 5.74) is 1.34. The Morgan fingerprint density at radius 2 is 1.89 bits per heavy atom. The minimum absolute atomic E-state index is 0.0393. The molecule has 0 fully saturated rings. The number of hydrogen-bond acceptors (Lipinski definition) is 5. The lowest BCUT2D eigenvalue weighted by Gasteiger charge is -2.19.